The largest absolute Gasteiger partial charge is 0.301 e. The predicted molar refractivity (Wildman–Crippen MR) is 89.8 cm³/mol. The quantitative estimate of drug-likeness (QED) is 0.769. The van der Waals surface area contributed by atoms with E-state index < -0.39 is 0 Å². The Morgan fingerprint density at radius 1 is 0.696 bits per heavy atom. The molecule has 0 N–H and O–H groups in total. The molecule has 2 heterocycles. The average molecular weight is 320 g/mol. The van der Waals surface area contributed by atoms with E-state index in [0.29, 0.717) is 0 Å². The number of aldehydes is 2. The molecule has 112 valence electrons. The summed E-state index contributed by atoms with van der Waals surface area (Å²) in [6, 6.07) is 15.6. The van der Waals surface area contributed by atoms with E-state index in [0.717, 1.165) is 44.9 Å². The summed E-state index contributed by atoms with van der Waals surface area (Å²) in [6.07, 6.45) is 1.72. The normalized spacial score (nSPS) is 21.2. The fourth-order valence-corrected chi connectivity index (χ4v) is 3.25. The second kappa shape index (κ2) is 5.59. The topological polar surface area (TPSA) is 58.9 Å². The van der Waals surface area contributed by atoms with Crippen LogP contribution < -0.4 is 0 Å². The second-order valence-corrected chi connectivity index (χ2v) is 6.49. The highest BCUT2D eigenvalue weighted by Crippen LogP contribution is 2.30. The molecule has 2 aromatic carbocycles. The third-order valence-corrected chi connectivity index (χ3v) is 4.79. The van der Waals surface area contributed by atoms with E-state index in [-0.39, 0.29) is 12.1 Å². The third-order valence-electron chi connectivity index (χ3n) is 3.77. The van der Waals surface area contributed by atoms with Crippen LogP contribution in [0.1, 0.15) is 11.1 Å². The minimum absolute atomic E-state index is 0.235. The van der Waals surface area contributed by atoms with Crippen molar-refractivity contribution in [1.82, 2.24) is 0 Å². The van der Waals surface area contributed by atoms with Crippen LogP contribution in [0.15, 0.2) is 68.3 Å². The molecule has 2 aliphatic heterocycles. The number of carbonyl (C=O) groups is 2. The number of nitrogens with zero attached hydrogens (tertiary/aromatic N) is 2. The van der Waals surface area contributed by atoms with E-state index in [1.165, 1.54) is 0 Å². The van der Waals surface area contributed by atoms with Gasteiger partial charge in [-0.1, -0.05) is 36.0 Å². The fourth-order valence-electron chi connectivity index (χ4n) is 2.43. The standard InChI is InChI=1S/C18H12N2O2S/c21-9-15-17(19-15)11-1-5-13(6-2-11)23-14-7-3-12(4-8-14)18-16(10-22)20-18/h1-10,15-16H. The van der Waals surface area contributed by atoms with Gasteiger partial charge in [-0.25, -0.2) is 0 Å². The van der Waals surface area contributed by atoms with Crippen molar-refractivity contribution in [3.8, 4) is 0 Å². The molecule has 0 spiro atoms. The van der Waals surface area contributed by atoms with Gasteiger partial charge in [-0.2, -0.15) is 0 Å². The van der Waals surface area contributed by atoms with E-state index in [1.54, 1.807) is 11.8 Å². The van der Waals surface area contributed by atoms with Crippen molar-refractivity contribution in [3.63, 3.8) is 0 Å². The molecule has 2 aromatic rings. The van der Waals surface area contributed by atoms with Crippen LogP contribution in [0.3, 0.4) is 0 Å². The van der Waals surface area contributed by atoms with E-state index >= 15 is 0 Å². The maximum absolute atomic E-state index is 10.6. The van der Waals surface area contributed by atoms with Crippen molar-refractivity contribution < 1.29 is 9.59 Å². The molecule has 4 rings (SSSR count). The molecule has 0 amide bonds. The zero-order chi connectivity index (χ0) is 15.8. The van der Waals surface area contributed by atoms with Crippen molar-refractivity contribution in [3.05, 3.63) is 59.7 Å². The molecular weight excluding hydrogens is 308 g/mol. The second-order valence-electron chi connectivity index (χ2n) is 5.34. The number of hydrogen-bond donors (Lipinski definition) is 0. The van der Waals surface area contributed by atoms with Crippen LogP contribution in [-0.4, -0.2) is 36.1 Å². The zero-order valence-corrected chi connectivity index (χ0v) is 12.9. The minimum Gasteiger partial charge on any atom is -0.301 e. The lowest BCUT2D eigenvalue weighted by Crippen LogP contribution is -1.99. The van der Waals surface area contributed by atoms with Gasteiger partial charge in [0.25, 0.3) is 0 Å². The highest BCUT2D eigenvalue weighted by atomic mass is 32.2. The van der Waals surface area contributed by atoms with Crippen molar-refractivity contribution in [1.29, 1.82) is 0 Å². The van der Waals surface area contributed by atoms with Gasteiger partial charge in [-0.3, -0.25) is 9.98 Å². The SMILES string of the molecule is O=CC1N=C1c1ccc(Sc2ccc(C3=NC3C=O)cc2)cc1. The monoisotopic (exact) mass is 320 g/mol. The first-order valence-corrected chi connectivity index (χ1v) is 8.05. The van der Waals surface area contributed by atoms with Crippen LogP contribution in [-0.2, 0) is 9.59 Å². The van der Waals surface area contributed by atoms with E-state index in [9.17, 15) is 9.59 Å². The molecule has 5 heteroatoms. The van der Waals surface area contributed by atoms with Gasteiger partial charge < -0.3 is 9.59 Å². The number of benzene rings is 2. The molecule has 0 saturated heterocycles. The number of rotatable bonds is 6. The van der Waals surface area contributed by atoms with Crippen molar-refractivity contribution in [2.24, 2.45) is 9.98 Å². The molecule has 4 nitrogen and oxygen atoms in total. The maximum atomic E-state index is 10.6. The van der Waals surface area contributed by atoms with Gasteiger partial charge in [0, 0.05) is 9.79 Å². The van der Waals surface area contributed by atoms with Crippen LogP contribution >= 0.6 is 11.8 Å². The van der Waals surface area contributed by atoms with Crippen molar-refractivity contribution in [2.45, 2.75) is 21.9 Å². The summed E-state index contributed by atoms with van der Waals surface area (Å²) >= 11 is 1.66. The molecular formula is C18H12N2O2S. The molecule has 0 fully saturated rings. The fraction of sp³-hybridized carbons (Fsp3) is 0.111. The van der Waals surface area contributed by atoms with E-state index in [4.69, 9.17) is 0 Å². The minimum atomic E-state index is -0.235. The first-order chi connectivity index (χ1) is 11.3. The Balaban J connectivity index is 1.42. The van der Waals surface area contributed by atoms with Crippen LogP contribution in [0.4, 0.5) is 0 Å². The summed E-state index contributed by atoms with van der Waals surface area (Å²) in [5.41, 5.74) is 3.76. The van der Waals surface area contributed by atoms with Gasteiger partial charge in [-0.05, 0) is 35.4 Å². The van der Waals surface area contributed by atoms with Gasteiger partial charge in [0.1, 0.15) is 12.1 Å². The van der Waals surface area contributed by atoms with Gasteiger partial charge in [0.05, 0.1) is 11.4 Å². The molecule has 0 aromatic heterocycles. The van der Waals surface area contributed by atoms with E-state index in [1.807, 2.05) is 48.5 Å². The first-order valence-electron chi connectivity index (χ1n) is 7.23. The van der Waals surface area contributed by atoms with Crippen LogP contribution in [0.2, 0.25) is 0 Å². The number of carbonyl (C=O) groups excluding carboxylic acids is 2. The summed E-state index contributed by atoms with van der Waals surface area (Å²) in [5, 5.41) is 0. The molecule has 23 heavy (non-hydrogen) atoms. The lowest BCUT2D eigenvalue weighted by molar-refractivity contribution is -0.107. The first kappa shape index (κ1) is 14.1. The molecule has 0 radical (unpaired) electrons. The third kappa shape index (κ3) is 2.87. The Labute approximate surface area is 137 Å². The van der Waals surface area contributed by atoms with E-state index in [2.05, 4.69) is 9.98 Å². The van der Waals surface area contributed by atoms with Gasteiger partial charge in [0.15, 0.2) is 12.6 Å². The highest BCUT2D eigenvalue weighted by molar-refractivity contribution is 7.99. The summed E-state index contributed by atoms with van der Waals surface area (Å²) in [6.45, 7) is 0. The lowest BCUT2D eigenvalue weighted by atomic mass is 10.1. The Morgan fingerprint density at radius 2 is 1.09 bits per heavy atom. The lowest BCUT2D eigenvalue weighted by Gasteiger charge is -2.03. The summed E-state index contributed by atoms with van der Waals surface area (Å²) < 4.78 is 0. The van der Waals surface area contributed by atoms with Gasteiger partial charge in [0.2, 0.25) is 0 Å². The average Bonchev–Trinajstić information content (AvgIpc) is 3.50. The van der Waals surface area contributed by atoms with Crippen LogP contribution in [0, 0.1) is 0 Å². The number of hydrogen-bond acceptors (Lipinski definition) is 5. The Bertz CT molecular complexity index is 767. The molecule has 0 aliphatic carbocycles. The predicted octanol–water partition coefficient (Wildman–Crippen LogP) is 2.58. The summed E-state index contributed by atoms with van der Waals surface area (Å²) in [5.74, 6) is 0. The molecule has 2 atom stereocenters. The summed E-state index contributed by atoms with van der Waals surface area (Å²) in [4.78, 5) is 31.7. The zero-order valence-electron chi connectivity index (χ0n) is 12.0. The molecule has 2 aliphatic rings. The molecule has 0 saturated carbocycles. The maximum Gasteiger partial charge on any atom is 0.150 e. The molecule has 0 bridgehead atoms. The Hall–Kier alpha value is -2.53. The van der Waals surface area contributed by atoms with Crippen molar-refractivity contribution >= 4 is 35.8 Å². The van der Waals surface area contributed by atoms with Gasteiger partial charge in [-0.15, -0.1) is 0 Å². The molecule has 2 unspecified atom stereocenters. The Morgan fingerprint density at radius 3 is 1.39 bits per heavy atom. The smallest absolute Gasteiger partial charge is 0.150 e. The summed E-state index contributed by atoms with van der Waals surface area (Å²) in [7, 11) is 0. The van der Waals surface area contributed by atoms with Crippen LogP contribution in [0.25, 0.3) is 0 Å². The Kier molecular flexibility index (Phi) is 3.42. The van der Waals surface area contributed by atoms with Gasteiger partial charge >= 0.3 is 0 Å². The highest BCUT2D eigenvalue weighted by Gasteiger charge is 2.28. The number of aliphatic imine (C=N–C) groups is 2. The van der Waals surface area contributed by atoms with Crippen LogP contribution in [0.5, 0.6) is 0 Å². The van der Waals surface area contributed by atoms with Crippen molar-refractivity contribution in [2.75, 3.05) is 0 Å².